The highest BCUT2D eigenvalue weighted by atomic mass is 16.4. The first kappa shape index (κ1) is 6.40. The molecule has 0 saturated heterocycles. The molecular weight excluding hydrogens is 136 g/mol. The molecule has 0 bridgehead atoms. The SMILES string of the molecule is O=C(O)/C=C/c1nn[nH]n1. The molecular formula is C4H4N4O2. The zero-order valence-electron chi connectivity index (χ0n) is 4.85. The number of nitrogens with one attached hydrogen (secondary N) is 1. The molecule has 0 radical (unpaired) electrons. The quantitative estimate of drug-likeness (QED) is 0.530. The maximum absolute atomic E-state index is 9.92. The molecule has 1 rings (SSSR count). The van der Waals surface area contributed by atoms with Crippen LogP contribution in [-0.4, -0.2) is 31.7 Å². The van der Waals surface area contributed by atoms with Crippen LogP contribution in [0.15, 0.2) is 6.08 Å². The van der Waals surface area contributed by atoms with Crippen LogP contribution in [0.3, 0.4) is 0 Å². The van der Waals surface area contributed by atoms with Crippen molar-refractivity contribution in [3.05, 3.63) is 11.9 Å². The van der Waals surface area contributed by atoms with Gasteiger partial charge in [-0.3, -0.25) is 0 Å². The number of hydrogen-bond donors (Lipinski definition) is 2. The van der Waals surface area contributed by atoms with Crippen LogP contribution >= 0.6 is 0 Å². The van der Waals surface area contributed by atoms with Gasteiger partial charge in [0.15, 0.2) is 5.82 Å². The third kappa shape index (κ3) is 1.66. The Labute approximate surface area is 55.6 Å². The van der Waals surface area contributed by atoms with Crippen molar-refractivity contribution in [2.24, 2.45) is 0 Å². The lowest BCUT2D eigenvalue weighted by Crippen LogP contribution is -1.86. The zero-order valence-corrected chi connectivity index (χ0v) is 4.85. The summed E-state index contributed by atoms with van der Waals surface area (Å²) in [6.07, 6.45) is 2.18. The molecule has 1 aromatic rings. The number of H-pyrrole nitrogens is 1. The predicted molar refractivity (Wildman–Crippen MR) is 30.8 cm³/mol. The molecule has 0 aromatic carbocycles. The largest absolute Gasteiger partial charge is 0.478 e. The van der Waals surface area contributed by atoms with Crippen LogP contribution in [0.25, 0.3) is 6.08 Å². The summed E-state index contributed by atoms with van der Waals surface area (Å²) >= 11 is 0. The molecule has 0 atom stereocenters. The van der Waals surface area contributed by atoms with Crippen LogP contribution in [0.2, 0.25) is 0 Å². The number of carboxylic acids is 1. The Morgan fingerprint density at radius 1 is 1.70 bits per heavy atom. The first-order valence-corrected chi connectivity index (χ1v) is 2.43. The van der Waals surface area contributed by atoms with E-state index in [0.29, 0.717) is 0 Å². The number of hydrogen-bond acceptors (Lipinski definition) is 4. The van der Waals surface area contributed by atoms with Crippen molar-refractivity contribution in [1.82, 2.24) is 20.6 Å². The van der Waals surface area contributed by atoms with E-state index < -0.39 is 5.97 Å². The van der Waals surface area contributed by atoms with E-state index in [4.69, 9.17) is 5.11 Å². The van der Waals surface area contributed by atoms with Crippen LogP contribution < -0.4 is 0 Å². The highest BCUT2D eigenvalue weighted by molar-refractivity contribution is 5.84. The van der Waals surface area contributed by atoms with Crippen molar-refractivity contribution in [2.45, 2.75) is 0 Å². The number of tetrazole rings is 1. The maximum atomic E-state index is 9.92. The van der Waals surface area contributed by atoms with Crippen LogP contribution in [0, 0.1) is 0 Å². The van der Waals surface area contributed by atoms with Crippen molar-refractivity contribution in [3.63, 3.8) is 0 Å². The molecule has 2 N–H and O–H groups in total. The van der Waals surface area contributed by atoms with Crippen LogP contribution in [0.5, 0.6) is 0 Å². The molecule has 0 aliphatic rings. The fraction of sp³-hybridized carbons (Fsp3) is 0. The summed E-state index contributed by atoms with van der Waals surface area (Å²) in [6, 6.07) is 0. The molecule has 6 nitrogen and oxygen atoms in total. The second-order valence-corrected chi connectivity index (χ2v) is 1.44. The average Bonchev–Trinajstić information content (AvgIpc) is 2.34. The van der Waals surface area contributed by atoms with Crippen molar-refractivity contribution < 1.29 is 9.90 Å². The summed E-state index contributed by atoms with van der Waals surface area (Å²) in [4.78, 5) is 9.92. The highest BCUT2D eigenvalue weighted by Gasteiger charge is 1.90. The van der Waals surface area contributed by atoms with Gasteiger partial charge in [-0.1, -0.05) is 0 Å². The molecule has 10 heavy (non-hydrogen) atoms. The van der Waals surface area contributed by atoms with Crippen molar-refractivity contribution in [1.29, 1.82) is 0 Å². The van der Waals surface area contributed by atoms with Crippen LogP contribution in [0.1, 0.15) is 5.82 Å². The average molecular weight is 140 g/mol. The molecule has 0 aliphatic heterocycles. The number of aromatic nitrogens is 4. The lowest BCUT2D eigenvalue weighted by Gasteiger charge is -1.74. The first-order chi connectivity index (χ1) is 4.79. The Morgan fingerprint density at radius 3 is 3.00 bits per heavy atom. The third-order valence-electron chi connectivity index (χ3n) is 0.737. The van der Waals surface area contributed by atoms with Gasteiger partial charge in [0.1, 0.15) is 0 Å². The van der Waals surface area contributed by atoms with Gasteiger partial charge in [-0.05, 0) is 11.3 Å². The summed E-state index contributed by atoms with van der Waals surface area (Å²) in [5.41, 5.74) is 0. The van der Waals surface area contributed by atoms with Gasteiger partial charge in [0.2, 0.25) is 0 Å². The maximum Gasteiger partial charge on any atom is 0.328 e. The van der Waals surface area contributed by atoms with Gasteiger partial charge in [-0.25, -0.2) is 4.79 Å². The molecule has 6 heteroatoms. The van der Waals surface area contributed by atoms with Gasteiger partial charge in [0.25, 0.3) is 0 Å². The summed E-state index contributed by atoms with van der Waals surface area (Å²) in [6.45, 7) is 0. The monoisotopic (exact) mass is 140 g/mol. The third-order valence-corrected chi connectivity index (χ3v) is 0.737. The fourth-order valence-electron chi connectivity index (χ4n) is 0.386. The summed E-state index contributed by atoms with van der Waals surface area (Å²) in [7, 11) is 0. The van der Waals surface area contributed by atoms with E-state index in [1.165, 1.54) is 6.08 Å². The normalized spacial score (nSPS) is 10.4. The molecule has 1 aromatic heterocycles. The van der Waals surface area contributed by atoms with E-state index in [1.807, 2.05) is 0 Å². The van der Waals surface area contributed by atoms with Crippen LogP contribution in [-0.2, 0) is 4.79 Å². The Morgan fingerprint density at radius 2 is 2.50 bits per heavy atom. The first-order valence-electron chi connectivity index (χ1n) is 2.43. The number of rotatable bonds is 2. The Kier molecular flexibility index (Phi) is 1.74. The smallest absolute Gasteiger partial charge is 0.328 e. The van der Waals surface area contributed by atoms with E-state index in [-0.39, 0.29) is 5.82 Å². The van der Waals surface area contributed by atoms with E-state index >= 15 is 0 Å². The van der Waals surface area contributed by atoms with Gasteiger partial charge in [0, 0.05) is 6.08 Å². The lowest BCUT2D eigenvalue weighted by molar-refractivity contribution is -0.131. The summed E-state index contributed by atoms with van der Waals surface area (Å²) < 4.78 is 0. The summed E-state index contributed by atoms with van der Waals surface area (Å²) in [5.74, 6) is -0.785. The highest BCUT2D eigenvalue weighted by Crippen LogP contribution is 1.86. The molecule has 0 unspecified atom stereocenters. The molecule has 1 heterocycles. The standard InChI is InChI=1S/C4H4N4O2/c9-4(10)2-1-3-5-7-8-6-3/h1-2H,(H,9,10)(H,5,6,7,8)/b2-1+. The zero-order chi connectivity index (χ0) is 7.40. The van der Waals surface area contributed by atoms with Gasteiger partial charge in [-0.15, -0.1) is 10.2 Å². The number of nitrogens with zero attached hydrogens (tertiary/aromatic N) is 3. The lowest BCUT2D eigenvalue weighted by atomic mass is 10.5. The number of carbonyl (C=O) groups is 1. The second-order valence-electron chi connectivity index (χ2n) is 1.44. The number of aliphatic carboxylic acids is 1. The van der Waals surface area contributed by atoms with Crippen molar-refractivity contribution in [3.8, 4) is 0 Å². The molecule has 0 saturated carbocycles. The fourth-order valence-corrected chi connectivity index (χ4v) is 0.386. The number of aromatic amines is 1. The molecule has 0 amide bonds. The minimum absolute atomic E-state index is 0.252. The molecule has 0 aliphatic carbocycles. The molecule has 0 spiro atoms. The number of carboxylic acid groups (broad SMARTS) is 1. The topological polar surface area (TPSA) is 91.8 Å². The van der Waals surface area contributed by atoms with E-state index in [0.717, 1.165) is 6.08 Å². The van der Waals surface area contributed by atoms with E-state index in [1.54, 1.807) is 0 Å². The Hall–Kier alpha value is -1.72. The van der Waals surface area contributed by atoms with Crippen molar-refractivity contribution in [2.75, 3.05) is 0 Å². The van der Waals surface area contributed by atoms with Gasteiger partial charge in [0.05, 0.1) is 0 Å². The van der Waals surface area contributed by atoms with E-state index in [2.05, 4.69) is 20.6 Å². The van der Waals surface area contributed by atoms with Gasteiger partial charge >= 0.3 is 5.97 Å². The summed E-state index contributed by atoms with van der Waals surface area (Å²) in [5, 5.41) is 20.5. The van der Waals surface area contributed by atoms with Crippen LogP contribution in [0.4, 0.5) is 0 Å². The second kappa shape index (κ2) is 2.72. The predicted octanol–water partition coefficient (Wildman–Crippen LogP) is -0.703. The van der Waals surface area contributed by atoms with Crippen molar-refractivity contribution >= 4 is 12.0 Å². The minimum Gasteiger partial charge on any atom is -0.478 e. The van der Waals surface area contributed by atoms with Gasteiger partial charge < -0.3 is 5.11 Å². The van der Waals surface area contributed by atoms with E-state index in [9.17, 15) is 4.79 Å². The Bertz CT molecular complexity index is 240. The molecule has 52 valence electrons. The Balaban J connectivity index is 2.64. The minimum atomic E-state index is -1.04. The molecule has 0 fully saturated rings. The van der Waals surface area contributed by atoms with Gasteiger partial charge in [-0.2, -0.15) is 5.21 Å².